The number of unbranched alkanes of at least 4 members (excludes halogenated alkanes) is 13. The van der Waals surface area contributed by atoms with E-state index in [4.69, 9.17) is 0 Å². The van der Waals surface area contributed by atoms with Crippen LogP contribution in [0.4, 0.5) is 0 Å². The number of carbonyl (C=O) groups is 1. The van der Waals surface area contributed by atoms with Crippen molar-refractivity contribution in [1.82, 2.24) is 5.32 Å². The first-order valence-electron chi connectivity index (χ1n) is 22.2. The van der Waals surface area contributed by atoms with Gasteiger partial charge in [-0.05, 0) is 96.3 Å². The van der Waals surface area contributed by atoms with Gasteiger partial charge in [0.05, 0.1) is 18.8 Å². The SMILES string of the molecule is CC/C=C\C/C=C\C/C=C\C/C=C\C/C=C\C/C=C\C/C=C\CCCCCCCCCCCC(=O)NC(CO)C(O)/C=C/CC/C=C/CC/C=C/CCCC. The molecule has 2 atom stereocenters. The van der Waals surface area contributed by atoms with Crippen molar-refractivity contribution in [2.45, 2.75) is 187 Å². The van der Waals surface area contributed by atoms with Crippen molar-refractivity contribution < 1.29 is 15.0 Å². The molecule has 310 valence electrons. The fourth-order valence-electron chi connectivity index (χ4n) is 5.76. The summed E-state index contributed by atoms with van der Waals surface area (Å²) in [5.74, 6) is -0.0930. The summed E-state index contributed by atoms with van der Waals surface area (Å²) in [7, 11) is 0. The van der Waals surface area contributed by atoms with Gasteiger partial charge in [-0.25, -0.2) is 0 Å². The zero-order chi connectivity index (χ0) is 40.0. The molecule has 2 unspecified atom stereocenters. The molecule has 1 amide bonds. The summed E-state index contributed by atoms with van der Waals surface area (Å²) in [5, 5.41) is 22.9. The molecule has 0 radical (unpaired) electrons. The molecule has 4 nitrogen and oxygen atoms in total. The maximum atomic E-state index is 12.4. The highest BCUT2D eigenvalue weighted by atomic mass is 16.3. The molecule has 0 aliphatic rings. The molecule has 4 heteroatoms. The Hall–Kier alpha value is -3.21. The standard InChI is InChI=1S/C51H83NO3/c1-3-5-7-9-11-13-15-17-18-19-20-21-22-23-24-25-26-27-28-29-30-31-32-33-34-35-37-39-41-43-45-47-51(55)52-49(48-53)50(54)46-44-42-40-38-36-16-14-12-10-8-6-4-2/h5,7,10-13,17-18,20-21,23-24,26-27,29-30,36,38,44,46,49-50,53-54H,3-4,6,8-9,14-16,19,22,25,28,31-35,37,39-43,45,47-48H2,1-2H3,(H,52,55)/b7-5-,12-10+,13-11-,18-17-,21-20-,24-23-,27-26-,30-29-,38-36+,46-44+. The Labute approximate surface area is 339 Å². The van der Waals surface area contributed by atoms with Gasteiger partial charge in [-0.3, -0.25) is 4.79 Å². The molecule has 0 aromatic rings. The lowest BCUT2D eigenvalue weighted by molar-refractivity contribution is -0.123. The predicted octanol–water partition coefficient (Wildman–Crippen LogP) is 14.2. The second kappa shape index (κ2) is 45.2. The first-order chi connectivity index (χ1) is 27.2. The zero-order valence-electron chi connectivity index (χ0n) is 35.4. The van der Waals surface area contributed by atoms with Crippen LogP contribution in [-0.4, -0.2) is 34.9 Å². The normalized spacial score (nSPS) is 14.2. The highest BCUT2D eigenvalue weighted by molar-refractivity contribution is 5.76. The average molecular weight is 758 g/mol. The van der Waals surface area contributed by atoms with E-state index >= 15 is 0 Å². The maximum Gasteiger partial charge on any atom is 0.220 e. The summed E-state index contributed by atoms with van der Waals surface area (Å²) >= 11 is 0. The van der Waals surface area contributed by atoms with Crippen LogP contribution < -0.4 is 5.32 Å². The Morgan fingerprint density at radius 3 is 1.27 bits per heavy atom. The molecule has 0 fully saturated rings. The number of carbonyl (C=O) groups excluding carboxylic acids is 1. The molecule has 0 bridgehead atoms. The van der Waals surface area contributed by atoms with E-state index in [0.717, 1.165) is 89.9 Å². The Bertz CT molecular complexity index is 1130. The smallest absolute Gasteiger partial charge is 0.220 e. The van der Waals surface area contributed by atoms with Crippen molar-refractivity contribution in [1.29, 1.82) is 0 Å². The van der Waals surface area contributed by atoms with Crippen molar-refractivity contribution in [2.75, 3.05) is 6.61 Å². The summed E-state index contributed by atoms with van der Waals surface area (Å²) < 4.78 is 0. The lowest BCUT2D eigenvalue weighted by atomic mass is 10.1. The van der Waals surface area contributed by atoms with E-state index in [2.05, 4.69) is 129 Å². The quantitative estimate of drug-likeness (QED) is 0.0434. The minimum absolute atomic E-state index is 0.0930. The number of amides is 1. The van der Waals surface area contributed by atoms with Crippen LogP contribution in [0.25, 0.3) is 0 Å². The van der Waals surface area contributed by atoms with Crippen LogP contribution in [0.1, 0.15) is 174 Å². The van der Waals surface area contributed by atoms with Crippen LogP contribution in [0.2, 0.25) is 0 Å². The number of allylic oxidation sites excluding steroid dienone is 19. The minimum Gasteiger partial charge on any atom is -0.394 e. The molecule has 0 aromatic carbocycles. The number of rotatable bonds is 38. The molecule has 0 saturated carbocycles. The third-order valence-electron chi connectivity index (χ3n) is 9.16. The Morgan fingerprint density at radius 2 is 0.818 bits per heavy atom. The van der Waals surface area contributed by atoms with Gasteiger partial charge in [-0.1, -0.05) is 193 Å². The Balaban J connectivity index is 3.66. The van der Waals surface area contributed by atoms with Crippen LogP contribution in [0.15, 0.2) is 122 Å². The minimum atomic E-state index is -0.879. The van der Waals surface area contributed by atoms with Gasteiger partial charge in [0, 0.05) is 6.42 Å². The van der Waals surface area contributed by atoms with E-state index in [1.807, 2.05) is 6.08 Å². The van der Waals surface area contributed by atoms with Crippen LogP contribution in [0.3, 0.4) is 0 Å². The largest absolute Gasteiger partial charge is 0.394 e. The number of aliphatic hydroxyl groups excluding tert-OH is 2. The van der Waals surface area contributed by atoms with E-state index < -0.39 is 12.1 Å². The molecule has 3 N–H and O–H groups in total. The van der Waals surface area contributed by atoms with Gasteiger partial charge in [0.25, 0.3) is 0 Å². The number of hydrogen-bond donors (Lipinski definition) is 3. The highest BCUT2D eigenvalue weighted by Crippen LogP contribution is 2.12. The van der Waals surface area contributed by atoms with Crippen LogP contribution in [-0.2, 0) is 4.79 Å². The summed E-state index contributed by atoms with van der Waals surface area (Å²) in [6.45, 7) is 4.10. The van der Waals surface area contributed by atoms with Crippen LogP contribution >= 0.6 is 0 Å². The Kier molecular flexibility index (Phi) is 42.5. The molecule has 0 heterocycles. The van der Waals surface area contributed by atoms with Gasteiger partial charge in [0.15, 0.2) is 0 Å². The van der Waals surface area contributed by atoms with Crippen molar-refractivity contribution in [3.63, 3.8) is 0 Å². The molecule has 0 rings (SSSR count). The first-order valence-corrected chi connectivity index (χ1v) is 22.2. The molecule has 0 spiro atoms. The third kappa shape index (κ3) is 41.8. The van der Waals surface area contributed by atoms with Gasteiger partial charge >= 0.3 is 0 Å². The lowest BCUT2D eigenvalue weighted by Crippen LogP contribution is -2.45. The van der Waals surface area contributed by atoms with Crippen molar-refractivity contribution in [3.05, 3.63) is 122 Å². The van der Waals surface area contributed by atoms with Gasteiger partial charge in [-0.15, -0.1) is 0 Å². The fourth-order valence-corrected chi connectivity index (χ4v) is 5.76. The van der Waals surface area contributed by atoms with Crippen molar-refractivity contribution in [2.24, 2.45) is 0 Å². The Morgan fingerprint density at radius 1 is 0.455 bits per heavy atom. The van der Waals surface area contributed by atoms with Gasteiger partial charge in [-0.2, -0.15) is 0 Å². The summed E-state index contributed by atoms with van der Waals surface area (Å²) in [4.78, 5) is 12.4. The number of hydrogen-bond acceptors (Lipinski definition) is 3. The molecular formula is C51H83NO3. The van der Waals surface area contributed by atoms with Crippen LogP contribution in [0, 0.1) is 0 Å². The maximum absolute atomic E-state index is 12.4. The van der Waals surface area contributed by atoms with Crippen molar-refractivity contribution >= 4 is 5.91 Å². The highest BCUT2D eigenvalue weighted by Gasteiger charge is 2.17. The molecule has 0 aromatic heterocycles. The van der Waals surface area contributed by atoms with E-state index in [1.165, 1.54) is 64.2 Å². The summed E-state index contributed by atoms with van der Waals surface area (Å²) in [6, 6.07) is -0.656. The second-order valence-corrected chi connectivity index (χ2v) is 14.4. The second-order valence-electron chi connectivity index (χ2n) is 14.4. The summed E-state index contributed by atoms with van der Waals surface area (Å²) in [6.07, 6.45) is 70.2. The number of aliphatic hydroxyl groups is 2. The lowest BCUT2D eigenvalue weighted by Gasteiger charge is -2.19. The van der Waals surface area contributed by atoms with E-state index in [1.54, 1.807) is 6.08 Å². The van der Waals surface area contributed by atoms with Crippen molar-refractivity contribution in [3.8, 4) is 0 Å². The topological polar surface area (TPSA) is 69.6 Å². The third-order valence-corrected chi connectivity index (χ3v) is 9.16. The molecule has 0 saturated heterocycles. The predicted molar refractivity (Wildman–Crippen MR) is 243 cm³/mol. The van der Waals surface area contributed by atoms with Gasteiger partial charge < -0.3 is 15.5 Å². The van der Waals surface area contributed by atoms with Gasteiger partial charge in [0.2, 0.25) is 5.91 Å². The average Bonchev–Trinajstić information content (AvgIpc) is 3.19. The number of nitrogens with one attached hydrogen (secondary N) is 1. The molecule has 0 aliphatic heterocycles. The van der Waals surface area contributed by atoms with E-state index in [0.29, 0.717) is 6.42 Å². The zero-order valence-corrected chi connectivity index (χ0v) is 35.4. The van der Waals surface area contributed by atoms with E-state index in [9.17, 15) is 15.0 Å². The first kappa shape index (κ1) is 51.8. The van der Waals surface area contributed by atoms with Gasteiger partial charge in [0.1, 0.15) is 0 Å². The fraction of sp³-hybridized carbons (Fsp3) is 0.588. The van der Waals surface area contributed by atoms with Crippen LogP contribution in [0.5, 0.6) is 0 Å². The van der Waals surface area contributed by atoms with E-state index in [-0.39, 0.29) is 12.5 Å². The molecular weight excluding hydrogens is 675 g/mol. The summed E-state index contributed by atoms with van der Waals surface area (Å²) in [5.41, 5.74) is 0. The molecule has 55 heavy (non-hydrogen) atoms. The monoisotopic (exact) mass is 758 g/mol. The molecule has 0 aliphatic carbocycles.